The standard InChI is InChI=1S/C9H10BrCl2NO2/c10-6-1-2-7(9(12)8(6)11)13-3-5(15)4-14/h1-2,5,13-15H,3-4H2/t5-/m0/s1. The maximum atomic E-state index is 9.14. The highest BCUT2D eigenvalue weighted by Gasteiger charge is 2.09. The maximum Gasteiger partial charge on any atom is 0.0942 e. The first-order valence-corrected chi connectivity index (χ1v) is 5.77. The van der Waals surface area contributed by atoms with Crippen molar-refractivity contribution >= 4 is 44.8 Å². The highest BCUT2D eigenvalue weighted by molar-refractivity contribution is 9.10. The molecular weight excluding hydrogens is 305 g/mol. The van der Waals surface area contributed by atoms with Gasteiger partial charge in [-0.2, -0.15) is 0 Å². The Morgan fingerprint density at radius 3 is 2.60 bits per heavy atom. The van der Waals surface area contributed by atoms with Crippen LogP contribution in [-0.2, 0) is 0 Å². The zero-order valence-corrected chi connectivity index (χ0v) is 10.8. The van der Waals surface area contributed by atoms with Crippen molar-refractivity contribution in [3.8, 4) is 0 Å². The van der Waals surface area contributed by atoms with Gasteiger partial charge in [-0.3, -0.25) is 0 Å². The second-order valence-electron chi connectivity index (χ2n) is 2.94. The molecule has 0 fully saturated rings. The zero-order chi connectivity index (χ0) is 11.4. The van der Waals surface area contributed by atoms with Crippen LogP contribution in [0.25, 0.3) is 0 Å². The number of hydrogen-bond acceptors (Lipinski definition) is 3. The van der Waals surface area contributed by atoms with E-state index in [1.54, 1.807) is 12.1 Å². The summed E-state index contributed by atoms with van der Waals surface area (Å²) in [6, 6.07) is 3.49. The van der Waals surface area contributed by atoms with Gasteiger partial charge in [0.1, 0.15) is 0 Å². The Labute approximate surface area is 106 Å². The smallest absolute Gasteiger partial charge is 0.0942 e. The van der Waals surface area contributed by atoms with E-state index >= 15 is 0 Å². The van der Waals surface area contributed by atoms with Crippen molar-refractivity contribution in [3.63, 3.8) is 0 Å². The zero-order valence-electron chi connectivity index (χ0n) is 7.67. The Balaban J connectivity index is 2.74. The molecule has 1 aromatic carbocycles. The van der Waals surface area contributed by atoms with Gasteiger partial charge in [-0.1, -0.05) is 23.2 Å². The van der Waals surface area contributed by atoms with Crippen LogP contribution in [0.5, 0.6) is 0 Å². The third-order valence-electron chi connectivity index (χ3n) is 1.77. The molecule has 1 rings (SSSR count). The molecule has 3 nitrogen and oxygen atoms in total. The van der Waals surface area contributed by atoms with E-state index in [0.717, 1.165) is 0 Å². The quantitative estimate of drug-likeness (QED) is 0.749. The lowest BCUT2D eigenvalue weighted by atomic mass is 10.3. The molecular formula is C9H10BrCl2NO2. The summed E-state index contributed by atoms with van der Waals surface area (Å²) in [5.41, 5.74) is 0.623. The van der Waals surface area contributed by atoms with E-state index in [1.807, 2.05) is 0 Å². The lowest BCUT2D eigenvalue weighted by molar-refractivity contribution is 0.105. The third kappa shape index (κ3) is 3.50. The van der Waals surface area contributed by atoms with E-state index in [4.69, 9.17) is 33.4 Å². The van der Waals surface area contributed by atoms with Gasteiger partial charge in [-0.05, 0) is 28.1 Å². The molecule has 1 atom stereocenters. The molecule has 0 aromatic heterocycles. The van der Waals surface area contributed by atoms with E-state index in [9.17, 15) is 0 Å². The van der Waals surface area contributed by atoms with E-state index in [2.05, 4.69) is 21.2 Å². The third-order valence-corrected chi connectivity index (χ3v) is 3.55. The molecule has 0 bridgehead atoms. The Hall–Kier alpha value is -0.000000000000000111. The summed E-state index contributed by atoms with van der Waals surface area (Å²) in [7, 11) is 0. The molecule has 1 aromatic rings. The highest BCUT2D eigenvalue weighted by Crippen LogP contribution is 2.35. The minimum Gasteiger partial charge on any atom is -0.394 e. The summed E-state index contributed by atoms with van der Waals surface area (Å²) < 4.78 is 0.711. The van der Waals surface area contributed by atoms with E-state index in [1.165, 1.54) is 0 Å². The normalized spacial score (nSPS) is 12.6. The average Bonchev–Trinajstić information content (AvgIpc) is 2.24. The van der Waals surface area contributed by atoms with Crippen LogP contribution in [0, 0.1) is 0 Å². The van der Waals surface area contributed by atoms with Crippen molar-refractivity contribution in [2.75, 3.05) is 18.5 Å². The number of rotatable bonds is 4. The van der Waals surface area contributed by atoms with Crippen molar-refractivity contribution in [2.45, 2.75) is 6.10 Å². The molecule has 0 aliphatic carbocycles. The predicted octanol–water partition coefficient (Wildman–Crippen LogP) is 2.52. The number of benzene rings is 1. The van der Waals surface area contributed by atoms with Crippen LogP contribution >= 0.6 is 39.1 Å². The Morgan fingerprint density at radius 1 is 1.33 bits per heavy atom. The van der Waals surface area contributed by atoms with Crippen molar-refractivity contribution < 1.29 is 10.2 Å². The first-order valence-electron chi connectivity index (χ1n) is 4.22. The largest absolute Gasteiger partial charge is 0.394 e. The lowest BCUT2D eigenvalue weighted by Crippen LogP contribution is -2.23. The second-order valence-corrected chi connectivity index (χ2v) is 4.55. The Bertz CT molecular complexity index is 349. The number of nitrogens with one attached hydrogen (secondary N) is 1. The summed E-state index contributed by atoms with van der Waals surface area (Å²) in [6.07, 6.45) is -0.816. The fourth-order valence-electron chi connectivity index (χ4n) is 0.955. The van der Waals surface area contributed by atoms with Crippen LogP contribution in [-0.4, -0.2) is 29.5 Å². The van der Waals surface area contributed by atoms with E-state index in [-0.39, 0.29) is 13.2 Å². The van der Waals surface area contributed by atoms with Crippen molar-refractivity contribution in [3.05, 3.63) is 26.7 Å². The number of aliphatic hydroxyl groups excluding tert-OH is 2. The number of aliphatic hydroxyl groups is 2. The number of halogens is 3. The molecule has 15 heavy (non-hydrogen) atoms. The van der Waals surface area contributed by atoms with Gasteiger partial charge in [0.15, 0.2) is 0 Å². The fraction of sp³-hybridized carbons (Fsp3) is 0.333. The Kier molecular flexibility index (Phi) is 5.15. The highest BCUT2D eigenvalue weighted by atomic mass is 79.9. The summed E-state index contributed by atoms with van der Waals surface area (Å²) in [6.45, 7) is -0.0803. The predicted molar refractivity (Wildman–Crippen MR) is 65.7 cm³/mol. The number of hydrogen-bond donors (Lipinski definition) is 3. The maximum absolute atomic E-state index is 9.14. The minimum atomic E-state index is -0.816. The van der Waals surface area contributed by atoms with Gasteiger partial charge >= 0.3 is 0 Å². The van der Waals surface area contributed by atoms with Gasteiger partial charge < -0.3 is 15.5 Å². The molecule has 0 aliphatic heterocycles. The van der Waals surface area contributed by atoms with Crippen molar-refractivity contribution in [2.24, 2.45) is 0 Å². The van der Waals surface area contributed by atoms with E-state index in [0.29, 0.717) is 20.2 Å². The van der Waals surface area contributed by atoms with Crippen LogP contribution in [0.3, 0.4) is 0 Å². The lowest BCUT2D eigenvalue weighted by Gasteiger charge is -2.12. The monoisotopic (exact) mass is 313 g/mol. The molecule has 0 radical (unpaired) electrons. The molecule has 6 heteroatoms. The van der Waals surface area contributed by atoms with Gasteiger partial charge in [-0.25, -0.2) is 0 Å². The van der Waals surface area contributed by atoms with Gasteiger partial charge in [0.25, 0.3) is 0 Å². The van der Waals surface area contributed by atoms with Gasteiger partial charge in [0.05, 0.1) is 28.4 Å². The summed E-state index contributed by atoms with van der Waals surface area (Å²) >= 11 is 15.1. The first kappa shape index (κ1) is 13.1. The molecule has 3 N–H and O–H groups in total. The van der Waals surface area contributed by atoms with Crippen LogP contribution < -0.4 is 5.32 Å². The van der Waals surface area contributed by atoms with Crippen molar-refractivity contribution in [1.82, 2.24) is 0 Å². The average molecular weight is 315 g/mol. The van der Waals surface area contributed by atoms with Gasteiger partial charge in [0, 0.05) is 11.0 Å². The first-order chi connectivity index (χ1) is 7.06. The van der Waals surface area contributed by atoms with E-state index < -0.39 is 6.10 Å². The summed E-state index contributed by atoms with van der Waals surface area (Å²) in [4.78, 5) is 0. The minimum absolute atomic E-state index is 0.216. The number of anilines is 1. The van der Waals surface area contributed by atoms with Gasteiger partial charge in [0.2, 0.25) is 0 Å². The SMILES string of the molecule is OC[C@@H](O)CNc1ccc(Br)c(Cl)c1Cl. The molecule has 0 aliphatic rings. The van der Waals surface area contributed by atoms with Crippen LogP contribution in [0.2, 0.25) is 10.0 Å². The molecule has 0 saturated heterocycles. The molecule has 0 saturated carbocycles. The second kappa shape index (κ2) is 5.92. The van der Waals surface area contributed by atoms with Crippen molar-refractivity contribution in [1.29, 1.82) is 0 Å². The topological polar surface area (TPSA) is 52.5 Å². The molecule has 0 spiro atoms. The molecule has 0 heterocycles. The molecule has 0 amide bonds. The van der Waals surface area contributed by atoms with Crippen LogP contribution in [0.4, 0.5) is 5.69 Å². The fourth-order valence-corrected chi connectivity index (χ4v) is 1.80. The van der Waals surface area contributed by atoms with Crippen LogP contribution in [0.15, 0.2) is 16.6 Å². The molecule has 84 valence electrons. The summed E-state index contributed by atoms with van der Waals surface area (Å²) in [5, 5.41) is 21.4. The molecule has 0 unspecified atom stereocenters. The van der Waals surface area contributed by atoms with Crippen LogP contribution in [0.1, 0.15) is 0 Å². The summed E-state index contributed by atoms with van der Waals surface area (Å²) in [5.74, 6) is 0. The van der Waals surface area contributed by atoms with Gasteiger partial charge in [-0.15, -0.1) is 0 Å². The Morgan fingerprint density at radius 2 is 2.00 bits per heavy atom.